The smallest absolute Gasteiger partial charge is 0.354 e. The number of carboxylic acids is 1. The molecule has 2 aromatic heterocycles. The third kappa shape index (κ3) is 10.6. The summed E-state index contributed by atoms with van der Waals surface area (Å²) in [6.45, 7) is 7.81. The van der Waals surface area contributed by atoms with Gasteiger partial charge in [-0.3, -0.25) is 0 Å². The average molecular weight is 551 g/mol. The molecule has 0 saturated carbocycles. The summed E-state index contributed by atoms with van der Waals surface area (Å²) in [5.41, 5.74) is 1.07. The van der Waals surface area contributed by atoms with E-state index in [1.807, 2.05) is 6.20 Å². The largest absolute Gasteiger partial charge is 0.477 e. The zero-order valence-electron chi connectivity index (χ0n) is 21.4. The quantitative estimate of drug-likeness (QED) is 0.208. The fraction of sp³-hybridized carbons (Fsp3) is 0.464. The van der Waals surface area contributed by atoms with Gasteiger partial charge in [0.25, 0.3) is 0 Å². The van der Waals surface area contributed by atoms with Crippen molar-refractivity contribution in [3.63, 3.8) is 0 Å². The highest BCUT2D eigenvalue weighted by Gasteiger charge is 2.21. The molecule has 2 heterocycles. The second kappa shape index (κ2) is 16.0. The molecule has 0 radical (unpaired) electrons. The van der Waals surface area contributed by atoms with Crippen molar-refractivity contribution in [2.75, 3.05) is 6.54 Å². The molecule has 196 valence electrons. The van der Waals surface area contributed by atoms with Crippen LogP contribution in [0, 0.1) is 0 Å². The molecule has 0 amide bonds. The zero-order valence-corrected chi connectivity index (χ0v) is 23.7. The highest BCUT2D eigenvalue weighted by molar-refractivity contribution is 7.09. The third-order valence-corrected chi connectivity index (χ3v) is 7.36. The normalized spacial score (nSPS) is 11.1. The molecule has 8 heteroatoms. The summed E-state index contributed by atoms with van der Waals surface area (Å²) < 4.78 is 0. The van der Waals surface area contributed by atoms with E-state index >= 15 is 0 Å². The Kier molecular flexibility index (Phi) is 13.4. The second-order valence-electron chi connectivity index (χ2n) is 9.21. The first-order valence-corrected chi connectivity index (χ1v) is 14.2. The Labute approximate surface area is 229 Å². The van der Waals surface area contributed by atoms with E-state index in [-0.39, 0.29) is 11.2 Å². The highest BCUT2D eigenvalue weighted by atomic mass is 35.5. The summed E-state index contributed by atoms with van der Waals surface area (Å²) in [5, 5.41) is 16.7. The summed E-state index contributed by atoms with van der Waals surface area (Å²) in [6, 6.07) is 9.79. The Morgan fingerprint density at radius 1 is 1.03 bits per heavy atom. The van der Waals surface area contributed by atoms with Gasteiger partial charge < -0.3 is 10.4 Å². The molecule has 5 nitrogen and oxygen atoms in total. The van der Waals surface area contributed by atoms with Crippen LogP contribution in [0.2, 0.25) is 10.0 Å². The summed E-state index contributed by atoms with van der Waals surface area (Å²) >= 11 is 13.6. The Bertz CT molecular complexity index is 1060. The lowest BCUT2D eigenvalue weighted by Crippen LogP contribution is -2.37. The highest BCUT2D eigenvalue weighted by Crippen LogP contribution is 2.28. The topological polar surface area (TPSA) is 75.1 Å². The molecule has 2 N–H and O–H groups in total. The van der Waals surface area contributed by atoms with Gasteiger partial charge in [-0.2, -0.15) is 0 Å². The number of aromatic nitrogens is 2. The molecular weight excluding hydrogens is 513 g/mol. The molecule has 36 heavy (non-hydrogen) atoms. The lowest BCUT2D eigenvalue weighted by atomic mass is 10.1. The predicted octanol–water partition coefficient (Wildman–Crippen LogP) is 8.86. The molecule has 0 atom stereocenters. The number of nitrogens with zero attached hydrogens (tertiary/aromatic N) is 2. The van der Waals surface area contributed by atoms with Gasteiger partial charge >= 0.3 is 5.97 Å². The van der Waals surface area contributed by atoms with Gasteiger partial charge in [-0.25, -0.2) is 14.8 Å². The molecular formula is C28H37Cl2N3O2S. The number of carbonyl (C=O) groups is 1. The van der Waals surface area contributed by atoms with Gasteiger partial charge in [0.1, 0.15) is 10.7 Å². The standard InChI is InChI=1S/C16H30N2S.C12H7Cl2NO2/c1-4-5-6-7-8-9-10-11-12-18-16(2,3)15-17-13-14-19-15;13-8-3-1-2-7(6-8)11-9(14)4-5-10(15-11)12(16)17/h13-14,18H,4-12H2,1-3H3;1-6H,(H,16,17). The summed E-state index contributed by atoms with van der Waals surface area (Å²) in [5.74, 6) is -1.09. The monoisotopic (exact) mass is 549 g/mol. The fourth-order valence-electron chi connectivity index (χ4n) is 3.67. The van der Waals surface area contributed by atoms with Gasteiger partial charge in [0.05, 0.1) is 16.3 Å². The Balaban J connectivity index is 0.000000255. The van der Waals surface area contributed by atoms with Crippen LogP contribution in [-0.4, -0.2) is 27.6 Å². The summed E-state index contributed by atoms with van der Waals surface area (Å²) in [4.78, 5) is 19.2. The minimum atomic E-state index is -1.09. The van der Waals surface area contributed by atoms with Gasteiger partial charge in [-0.1, -0.05) is 87.2 Å². The van der Waals surface area contributed by atoms with E-state index in [9.17, 15) is 4.79 Å². The molecule has 0 fully saturated rings. The number of rotatable bonds is 13. The number of unbranched alkanes of at least 4 members (excludes halogenated alkanes) is 7. The number of hydrogen-bond acceptors (Lipinski definition) is 5. The van der Waals surface area contributed by atoms with Crippen LogP contribution in [0.1, 0.15) is 87.6 Å². The molecule has 1 aromatic carbocycles. The molecule has 0 aliphatic rings. The SMILES string of the molecule is CCCCCCCCCCNC(C)(C)c1nccs1.O=C(O)c1ccc(Cl)c(-c2cccc(Cl)c2)n1. The maximum Gasteiger partial charge on any atom is 0.354 e. The van der Waals surface area contributed by atoms with Crippen LogP contribution in [0.4, 0.5) is 0 Å². The van der Waals surface area contributed by atoms with Crippen molar-refractivity contribution < 1.29 is 9.90 Å². The van der Waals surface area contributed by atoms with Crippen molar-refractivity contribution >= 4 is 40.5 Å². The number of nitrogens with one attached hydrogen (secondary N) is 1. The molecule has 0 aliphatic heterocycles. The first-order chi connectivity index (χ1) is 17.2. The number of benzene rings is 1. The average Bonchev–Trinajstić information content (AvgIpc) is 3.40. The van der Waals surface area contributed by atoms with E-state index in [0.717, 1.165) is 6.54 Å². The van der Waals surface area contributed by atoms with Crippen LogP contribution in [-0.2, 0) is 5.54 Å². The summed E-state index contributed by atoms with van der Waals surface area (Å²) in [7, 11) is 0. The van der Waals surface area contributed by atoms with Crippen LogP contribution in [0.15, 0.2) is 48.0 Å². The molecule has 3 aromatic rings. The van der Waals surface area contributed by atoms with E-state index in [1.165, 1.54) is 68.5 Å². The molecule has 0 unspecified atom stereocenters. The third-order valence-electron chi connectivity index (χ3n) is 5.73. The molecule has 0 aliphatic carbocycles. The second-order valence-corrected chi connectivity index (χ2v) is 10.9. The van der Waals surface area contributed by atoms with Crippen molar-refractivity contribution in [1.29, 1.82) is 0 Å². The maximum atomic E-state index is 10.8. The lowest BCUT2D eigenvalue weighted by Gasteiger charge is -2.23. The number of aromatic carboxylic acids is 1. The van der Waals surface area contributed by atoms with Gasteiger partial charge in [0.15, 0.2) is 0 Å². The first-order valence-electron chi connectivity index (χ1n) is 12.6. The Morgan fingerprint density at radius 3 is 2.33 bits per heavy atom. The minimum absolute atomic E-state index is 0.0231. The van der Waals surface area contributed by atoms with Gasteiger partial charge in [0, 0.05) is 22.2 Å². The number of hydrogen-bond donors (Lipinski definition) is 2. The van der Waals surface area contributed by atoms with E-state index < -0.39 is 5.97 Å². The zero-order chi connectivity index (χ0) is 26.4. The Hall–Kier alpha value is -1.99. The summed E-state index contributed by atoms with van der Waals surface area (Å²) in [6.07, 6.45) is 12.9. The van der Waals surface area contributed by atoms with Crippen LogP contribution < -0.4 is 5.32 Å². The Morgan fingerprint density at radius 2 is 1.72 bits per heavy atom. The number of pyridine rings is 1. The van der Waals surface area contributed by atoms with E-state index in [2.05, 4.69) is 41.4 Å². The van der Waals surface area contributed by atoms with Crippen LogP contribution in [0.25, 0.3) is 11.3 Å². The molecule has 0 bridgehead atoms. The number of carboxylic acid groups (broad SMARTS) is 1. The van der Waals surface area contributed by atoms with Gasteiger partial charge in [-0.15, -0.1) is 11.3 Å². The predicted molar refractivity (Wildman–Crippen MR) is 152 cm³/mol. The van der Waals surface area contributed by atoms with Crippen LogP contribution >= 0.6 is 34.5 Å². The van der Waals surface area contributed by atoms with E-state index in [4.69, 9.17) is 28.3 Å². The minimum Gasteiger partial charge on any atom is -0.477 e. The number of thiazole rings is 1. The maximum absolute atomic E-state index is 10.8. The molecule has 0 spiro atoms. The van der Waals surface area contributed by atoms with E-state index in [0.29, 0.717) is 21.3 Å². The number of halogens is 2. The fourth-order valence-corrected chi connectivity index (χ4v) is 4.81. The van der Waals surface area contributed by atoms with Crippen molar-refractivity contribution in [3.8, 4) is 11.3 Å². The van der Waals surface area contributed by atoms with Crippen LogP contribution in [0.3, 0.4) is 0 Å². The van der Waals surface area contributed by atoms with Gasteiger partial charge in [0.2, 0.25) is 0 Å². The van der Waals surface area contributed by atoms with E-state index in [1.54, 1.807) is 35.6 Å². The van der Waals surface area contributed by atoms with Crippen molar-refractivity contribution in [3.05, 3.63) is 68.7 Å². The van der Waals surface area contributed by atoms with Crippen molar-refractivity contribution in [2.45, 2.75) is 77.7 Å². The van der Waals surface area contributed by atoms with Crippen molar-refractivity contribution in [2.24, 2.45) is 0 Å². The first kappa shape index (κ1) is 30.2. The van der Waals surface area contributed by atoms with Gasteiger partial charge in [-0.05, 0) is 51.1 Å². The van der Waals surface area contributed by atoms with Crippen LogP contribution in [0.5, 0.6) is 0 Å². The lowest BCUT2D eigenvalue weighted by molar-refractivity contribution is 0.0690. The molecule has 3 rings (SSSR count). The molecule has 0 saturated heterocycles. The van der Waals surface area contributed by atoms with Crippen molar-refractivity contribution in [1.82, 2.24) is 15.3 Å².